The van der Waals surface area contributed by atoms with Gasteiger partial charge in [-0.3, -0.25) is 0 Å². The lowest BCUT2D eigenvalue weighted by Crippen LogP contribution is -2.02. The number of ether oxygens (including phenoxy) is 1. The van der Waals surface area contributed by atoms with Crippen LogP contribution in [-0.2, 0) is 9.05 Å². The highest BCUT2D eigenvalue weighted by Crippen LogP contribution is 2.30. The maximum Gasteiger partial charge on any atom is 0.265 e. The molecule has 0 saturated heterocycles. The molecule has 0 amide bonds. The highest BCUT2D eigenvalue weighted by molar-refractivity contribution is 8.13. The zero-order chi connectivity index (χ0) is 14.3. The van der Waals surface area contributed by atoms with Crippen molar-refractivity contribution >= 4 is 31.3 Å². The Bertz CT molecular complexity index is 527. The maximum atomic E-state index is 11.4. The second-order valence-electron chi connectivity index (χ2n) is 4.02. The highest BCUT2D eigenvalue weighted by atomic mass is 35.7. The average Bonchev–Trinajstić information content (AvgIpc) is 2.34. The summed E-state index contributed by atoms with van der Waals surface area (Å²) in [7, 11) is 1.48. The Morgan fingerprint density at radius 3 is 2.63 bits per heavy atom. The molecule has 0 atom stereocenters. The third-order valence-corrected chi connectivity index (χ3v) is 4.06. The minimum Gasteiger partial charge on any atom is -0.492 e. The summed E-state index contributed by atoms with van der Waals surface area (Å²) in [5.41, 5.74) is 0. The molecule has 1 aromatic carbocycles. The molecule has 0 aliphatic carbocycles. The first-order valence-corrected chi connectivity index (χ1v) is 8.62. The number of hydrogen-bond acceptors (Lipinski definition) is 3. The van der Waals surface area contributed by atoms with Crippen LogP contribution in [0.2, 0.25) is 5.02 Å². The van der Waals surface area contributed by atoms with Gasteiger partial charge in [0.2, 0.25) is 0 Å². The van der Waals surface area contributed by atoms with Crippen LogP contribution >= 0.6 is 22.3 Å². The SMILES string of the molecule is C=CCCCCCOc1ccc(Cl)cc1S(=O)(=O)Cl. The molecular weight excluding hydrogens is 307 g/mol. The van der Waals surface area contributed by atoms with Crippen molar-refractivity contribution in [2.75, 3.05) is 6.61 Å². The smallest absolute Gasteiger partial charge is 0.265 e. The summed E-state index contributed by atoms with van der Waals surface area (Å²) in [6, 6.07) is 4.37. The number of hydrogen-bond donors (Lipinski definition) is 0. The van der Waals surface area contributed by atoms with Gasteiger partial charge in [-0.25, -0.2) is 8.42 Å². The van der Waals surface area contributed by atoms with Crippen LogP contribution in [0.25, 0.3) is 0 Å². The van der Waals surface area contributed by atoms with Crippen LogP contribution in [0.15, 0.2) is 35.7 Å². The molecule has 0 aliphatic rings. The molecule has 0 saturated carbocycles. The van der Waals surface area contributed by atoms with Gasteiger partial charge in [-0.1, -0.05) is 17.7 Å². The summed E-state index contributed by atoms with van der Waals surface area (Å²) in [6.07, 6.45) is 5.75. The van der Waals surface area contributed by atoms with E-state index < -0.39 is 9.05 Å². The molecule has 106 valence electrons. The number of unbranched alkanes of at least 4 members (excludes halogenated alkanes) is 3. The van der Waals surface area contributed by atoms with Crippen molar-refractivity contribution in [1.82, 2.24) is 0 Å². The number of halogens is 2. The molecule has 0 heterocycles. The van der Waals surface area contributed by atoms with Gasteiger partial charge in [0, 0.05) is 15.7 Å². The van der Waals surface area contributed by atoms with Gasteiger partial charge >= 0.3 is 0 Å². The third-order valence-electron chi connectivity index (χ3n) is 2.48. The van der Waals surface area contributed by atoms with Crippen molar-refractivity contribution in [1.29, 1.82) is 0 Å². The molecule has 3 nitrogen and oxygen atoms in total. The van der Waals surface area contributed by atoms with Crippen LogP contribution in [0, 0.1) is 0 Å². The van der Waals surface area contributed by atoms with E-state index in [1.807, 2.05) is 6.08 Å². The predicted molar refractivity (Wildman–Crippen MR) is 78.7 cm³/mol. The predicted octanol–water partition coefficient (Wildman–Crippen LogP) is 4.39. The largest absolute Gasteiger partial charge is 0.492 e. The first-order valence-electron chi connectivity index (χ1n) is 5.93. The molecule has 1 rings (SSSR count). The highest BCUT2D eigenvalue weighted by Gasteiger charge is 2.17. The van der Waals surface area contributed by atoms with Gasteiger partial charge in [-0.2, -0.15) is 0 Å². The molecule has 19 heavy (non-hydrogen) atoms. The molecular formula is C13H16Cl2O3S. The van der Waals surface area contributed by atoms with Crippen LogP contribution < -0.4 is 4.74 Å². The quantitative estimate of drug-likeness (QED) is 0.405. The summed E-state index contributed by atoms with van der Waals surface area (Å²) in [6.45, 7) is 4.09. The van der Waals surface area contributed by atoms with Gasteiger partial charge in [0.15, 0.2) is 0 Å². The van der Waals surface area contributed by atoms with Crippen LogP contribution in [0.5, 0.6) is 5.75 Å². The van der Waals surface area contributed by atoms with E-state index in [0.717, 1.165) is 25.7 Å². The average molecular weight is 323 g/mol. The molecule has 0 spiro atoms. The lowest BCUT2D eigenvalue weighted by Gasteiger charge is -2.09. The van der Waals surface area contributed by atoms with E-state index in [-0.39, 0.29) is 10.6 Å². The minimum absolute atomic E-state index is 0.0900. The Hall–Kier alpha value is -0.710. The van der Waals surface area contributed by atoms with E-state index in [0.29, 0.717) is 11.6 Å². The first kappa shape index (κ1) is 16.3. The summed E-state index contributed by atoms with van der Waals surface area (Å²) >= 11 is 5.75. The van der Waals surface area contributed by atoms with Gasteiger partial charge in [-0.05, 0) is 43.9 Å². The van der Waals surface area contributed by atoms with Crippen LogP contribution in [-0.4, -0.2) is 15.0 Å². The van der Waals surface area contributed by atoms with Crippen LogP contribution in [0.1, 0.15) is 25.7 Å². The topological polar surface area (TPSA) is 43.4 Å². The normalized spacial score (nSPS) is 11.3. The fourth-order valence-corrected chi connectivity index (χ4v) is 2.77. The number of benzene rings is 1. The first-order chi connectivity index (χ1) is 8.95. The molecule has 0 aromatic heterocycles. The second-order valence-corrected chi connectivity index (χ2v) is 6.99. The Morgan fingerprint density at radius 2 is 2.00 bits per heavy atom. The second kappa shape index (κ2) is 7.78. The van der Waals surface area contributed by atoms with E-state index in [2.05, 4.69) is 6.58 Å². The molecule has 0 fully saturated rings. The Morgan fingerprint density at radius 1 is 1.26 bits per heavy atom. The van der Waals surface area contributed by atoms with E-state index in [1.54, 1.807) is 6.07 Å². The number of rotatable bonds is 8. The lowest BCUT2D eigenvalue weighted by atomic mass is 10.2. The summed E-state index contributed by atoms with van der Waals surface area (Å²) in [5, 5.41) is 0.303. The molecule has 0 N–H and O–H groups in total. The summed E-state index contributed by atoms with van der Waals surface area (Å²) < 4.78 is 28.2. The molecule has 6 heteroatoms. The zero-order valence-corrected chi connectivity index (χ0v) is 12.8. The minimum atomic E-state index is -3.86. The Labute approximate surface area is 123 Å². The van der Waals surface area contributed by atoms with Crippen molar-refractivity contribution in [3.63, 3.8) is 0 Å². The van der Waals surface area contributed by atoms with Crippen molar-refractivity contribution in [3.8, 4) is 5.75 Å². The van der Waals surface area contributed by atoms with Crippen molar-refractivity contribution in [2.45, 2.75) is 30.6 Å². The van der Waals surface area contributed by atoms with Gasteiger partial charge < -0.3 is 4.74 Å². The van der Waals surface area contributed by atoms with Crippen LogP contribution in [0.3, 0.4) is 0 Å². The maximum absolute atomic E-state index is 11.4. The van der Waals surface area contributed by atoms with Crippen LogP contribution in [0.4, 0.5) is 0 Å². The van der Waals surface area contributed by atoms with E-state index in [4.69, 9.17) is 27.0 Å². The molecule has 0 bridgehead atoms. The van der Waals surface area contributed by atoms with Gasteiger partial charge in [-0.15, -0.1) is 6.58 Å². The van der Waals surface area contributed by atoms with Crippen molar-refractivity contribution in [2.24, 2.45) is 0 Å². The lowest BCUT2D eigenvalue weighted by molar-refractivity contribution is 0.298. The van der Waals surface area contributed by atoms with E-state index in [9.17, 15) is 8.42 Å². The molecule has 0 radical (unpaired) electrons. The molecule has 0 unspecified atom stereocenters. The van der Waals surface area contributed by atoms with Crippen molar-refractivity contribution in [3.05, 3.63) is 35.9 Å². The summed E-state index contributed by atoms with van der Waals surface area (Å²) in [5.74, 6) is 0.239. The van der Waals surface area contributed by atoms with E-state index >= 15 is 0 Å². The fraction of sp³-hybridized carbons (Fsp3) is 0.385. The Kier molecular flexibility index (Phi) is 6.69. The standard InChI is InChI=1S/C13H16Cl2O3S/c1-2-3-4-5-6-9-18-12-8-7-11(14)10-13(12)19(15,16)17/h2,7-8,10H,1,3-6,9H2. The van der Waals surface area contributed by atoms with Gasteiger partial charge in [0.25, 0.3) is 9.05 Å². The van der Waals surface area contributed by atoms with E-state index in [1.165, 1.54) is 12.1 Å². The third kappa shape index (κ3) is 5.85. The van der Waals surface area contributed by atoms with Gasteiger partial charge in [0.05, 0.1) is 6.61 Å². The fourth-order valence-electron chi connectivity index (χ4n) is 1.54. The molecule has 1 aromatic rings. The Balaban J connectivity index is 2.61. The number of allylic oxidation sites excluding steroid dienone is 1. The molecule has 0 aliphatic heterocycles. The van der Waals surface area contributed by atoms with Crippen molar-refractivity contribution < 1.29 is 13.2 Å². The zero-order valence-electron chi connectivity index (χ0n) is 10.4. The monoisotopic (exact) mass is 322 g/mol. The van der Waals surface area contributed by atoms with Gasteiger partial charge in [0.1, 0.15) is 10.6 Å². The summed E-state index contributed by atoms with van der Waals surface area (Å²) in [4.78, 5) is -0.0900.